The molecule has 1 saturated heterocycles. The number of hydrogen-bond donors (Lipinski definition) is 2. The zero-order valence-electron chi connectivity index (χ0n) is 18.1. The Labute approximate surface area is 206 Å². The van der Waals surface area contributed by atoms with E-state index in [0.717, 1.165) is 56.7 Å². The molecule has 1 fully saturated rings. The van der Waals surface area contributed by atoms with Gasteiger partial charge in [0.25, 0.3) is 0 Å². The summed E-state index contributed by atoms with van der Waals surface area (Å²) in [6, 6.07) is 12.6. The molecule has 1 atom stereocenters. The first-order valence-corrected chi connectivity index (χ1v) is 11.4. The molecule has 0 bridgehead atoms. The van der Waals surface area contributed by atoms with Gasteiger partial charge in [0.15, 0.2) is 5.96 Å². The second-order valence-electron chi connectivity index (χ2n) is 6.96. The fourth-order valence-electron chi connectivity index (χ4n) is 3.40. The largest absolute Gasteiger partial charge is 0.489 e. The van der Waals surface area contributed by atoms with Crippen LogP contribution in [0.2, 0.25) is 0 Å². The van der Waals surface area contributed by atoms with E-state index in [1.54, 1.807) is 17.4 Å². The molecule has 1 aromatic heterocycles. The van der Waals surface area contributed by atoms with E-state index in [-0.39, 0.29) is 24.0 Å². The van der Waals surface area contributed by atoms with Crippen LogP contribution >= 0.6 is 35.3 Å². The summed E-state index contributed by atoms with van der Waals surface area (Å²) < 4.78 is 11.3. The highest BCUT2D eigenvalue weighted by Crippen LogP contribution is 2.25. The van der Waals surface area contributed by atoms with Gasteiger partial charge in [-0.25, -0.2) is 4.99 Å². The maximum atomic E-state index is 5.76. The van der Waals surface area contributed by atoms with E-state index < -0.39 is 0 Å². The number of para-hydroxylation sites is 1. The highest BCUT2D eigenvalue weighted by Gasteiger charge is 2.23. The Kier molecular flexibility index (Phi) is 11.9. The van der Waals surface area contributed by atoms with Gasteiger partial charge < -0.3 is 20.1 Å². The van der Waals surface area contributed by atoms with Gasteiger partial charge in [0.05, 0.1) is 25.8 Å². The molecule has 1 aliphatic heterocycles. The van der Waals surface area contributed by atoms with Crippen LogP contribution in [-0.4, -0.2) is 56.9 Å². The van der Waals surface area contributed by atoms with Gasteiger partial charge in [-0.05, 0) is 24.4 Å². The Hall–Kier alpha value is -1.62. The van der Waals surface area contributed by atoms with E-state index in [9.17, 15) is 0 Å². The lowest BCUT2D eigenvalue weighted by molar-refractivity contribution is 0.0177. The molecular formula is C23H33IN4O2S. The number of halogens is 1. The molecule has 0 amide bonds. The molecule has 0 radical (unpaired) electrons. The third-order valence-corrected chi connectivity index (χ3v) is 5.88. The highest BCUT2D eigenvalue weighted by molar-refractivity contribution is 14.0. The summed E-state index contributed by atoms with van der Waals surface area (Å²) in [6.07, 6.45) is 1.75. The van der Waals surface area contributed by atoms with Gasteiger partial charge in [-0.15, -0.1) is 35.3 Å². The lowest BCUT2D eigenvalue weighted by Gasteiger charge is -2.34. The monoisotopic (exact) mass is 556 g/mol. The van der Waals surface area contributed by atoms with Crippen molar-refractivity contribution in [3.8, 4) is 5.75 Å². The van der Waals surface area contributed by atoms with Gasteiger partial charge in [-0.2, -0.15) is 0 Å². The van der Waals surface area contributed by atoms with E-state index in [1.165, 1.54) is 4.88 Å². The highest BCUT2D eigenvalue weighted by atomic mass is 127. The van der Waals surface area contributed by atoms with Crippen molar-refractivity contribution < 1.29 is 9.47 Å². The molecule has 2 aromatic rings. The first kappa shape index (κ1) is 25.6. The van der Waals surface area contributed by atoms with Gasteiger partial charge in [0.2, 0.25) is 0 Å². The predicted octanol–water partition coefficient (Wildman–Crippen LogP) is 4.06. The van der Waals surface area contributed by atoms with E-state index in [2.05, 4.69) is 46.5 Å². The third kappa shape index (κ3) is 8.10. The first-order valence-electron chi connectivity index (χ1n) is 10.5. The average molecular weight is 557 g/mol. The van der Waals surface area contributed by atoms with Gasteiger partial charge in [0, 0.05) is 36.6 Å². The number of benzene rings is 1. The molecule has 1 aromatic carbocycles. The Bertz CT molecular complexity index is 795. The third-order valence-electron chi connectivity index (χ3n) is 4.90. The van der Waals surface area contributed by atoms with Crippen molar-refractivity contribution in [2.75, 3.05) is 46.0 Å². The second-order valence-corrected chi connectivity index (χ2v) is 7.94. The summed E-state index contributed by atoms with van der Waals surface area (Å²) in [4.78, 5) is 8.65. The van der Waals surface area contributed by atoms with Crippen molar-refractivity contribution in [1.29, 1.82) is 0 Å². The number of ether oxygens (including phenoxy) is 2. The lowest BCUT2D eigenvalue weighted by Crippen LogP contribution is -2.46. The van der Waals surface area contributed by atoms with Crippen LogP contribution in [0.15, 0.2) is 59.4 Å². The van der Waals surface area contributed by atoms with Crippen LogP contribution in [-0.2, 0) is 11.3 Å². The van der Waals surface area contributed by atoms with Crippen molar-refractivity contribution in [3.63, 3.8) is 0 Å². The zero-order chi connectivity index (χ0) is 21.0. The molecule has 0 spiro atoms. The number of guanidine groups is 1. The summed E-state index contributed by atoms with van der Waals surface area (Å²) in [5, 5.41) is 9.05. The second kappa shape index (κ2) is 14.4. The summed E-state index contributed by atoms with van der Waals surface area (Å²) in [5.41, 5.74) is 1.06. The quantitative estimate of drug-likeness (QED) is 0.200. The molecule has 0 aliphatic carbocycles. The number of thiophene rings is 1. The summed E-state index contributed by atoms with van der Waals surface area (Å²) >= 11 is 1.80. The van der Waals surface area contributed by atoms with Crippen molar-refractivity contribution in [2.24, 2.45) is 4.99 Å². The van der Waals surface area contributed by atoms with Gasteiger partial charge in [0.1, 0.15) is 12.4 Å². The molecule has 2 N–H and O–H groups in total. The van der Waals surface area contributed by atoms with Crippen molar-refractivity contribution >= 4 is 41.3 Å². The predicted molar refractivity (Wildman–Crippen MR) is 140 cm³/mol. The maximum absolute atomic E-state index is 5.76. The van der Waals surface area contributed by atoms with Gasteiger partial charge in [-0.3, -0.25) is 4.90 Å². The fraction of sp³-hybridized carbons (Fsp3) is 0.435. The smallest absolute Gasteiger partial charge is 0.191 e. The van der Waals surface area contributed by atoms with Crippen LogP contribution < -0.4 is 15.4 Å². The van der Waals surface area contributed by atoms with E-state index in [0.29, 0.717) is 19.2 Å². The minimum Gasteiger partial charge on any atom is -0.489 e. The van der Waals surface area contributed by atoms with Crippen LogP contribution in [0.3, 0.4) is 0 Å². The number of hydrogen-bond acceptors (Lipinski definition) is 5. The Morgan fingerprint density at radius 2 is 2.06 bits per heavy atom. The molecule has 6 nitrogen and oxygen atoms in total. The maximum Gasteiger partial charge on any atom is 0.191 e. The summed E-state index contributed by atoms with van der Waals surface area (Å²) in [5.74, 6) is 1.66. The van der Waals surface area contributed by atoms with Crippen LogP contribution in [0.25, 0.3) is 0 Å². The summed E-state index contributed by atoms with van der Waals surface area (Å²) in [6.45, 7) is 11.9. The van der Waals surface area contributed by atoms with Gasteiger partial charge >= 0.3 is 0 Å². The number of aliphatic imine (C=N–C) groups is 1. The number of nitrogens with one attached hydrogen (secondary N) is 2. The Morgan fingerprint density at radius 1 is 1.26 bits per heavy atom. The van der Waals surface area contributed by atoms with Crippen LogP contribution in [0.5, 0.6) is 5.75 Å². The SMILES string of the molecule is C=CCOc1ccccc1CN=C(NCC)NCC(c1cccs1)N1CCOCC1.I. The molecular weight excluding hydrogens is 523 g/mol. The standard InChI is InChI=1S/C23H32N4O2S.HI/c1-3-13-29-21-9-6-5-8-19(21)17-25-23(24-4-2)26-18-20(22-10-7-16-30-22)27-11-14-28-15-12-27;/h3,5-10,16,20H,1,4,11-15,17-18H2,2H3,(H2,24,25,26);1H. The van der Waals surface area contributed by atoms with Crippen LogP contribution in [0, 0.1) is 0 Å². The van der Waals surface area contributed by atoms with Gasteiger partial charge in [-0.1, -0.05) is 36.9 Å². The van der Waals surface area contributed by atoms with Crippen LogP contribution in [0.1, 0.15) is 23.4 Å². The molecule has 3 rings (SSSR count). The summed E-state index contributed by atoms with van der Waals surface area (Å²) in [7, 11) is 0. The van der Waals surface area contributed by atoms with Crippen molar-refractivity contribution in [3.05, 3.63) is 64.9 Å². The number of nitrogens with zero attached hydrogens (tertiary/aromatic N) is 2. The van der Waals surface area contributed by atoms with Crippen molar-refractivity contribution in [1.82, 2.24) is 15.5 Å². The van der Waals surface area contributed by atoms with Crippen LogP contribution in [0.4, 0.5) is 0 Å². The zero-order valence-corrected chi connectivity index (χ0v) is 21.2. The minimum atomic E-state index is 0. The lowest BCUT2D eigenvalue weighted by atomic mass is 10.2. The molecule has 170 valence electrons. The Morgan fingerprint density at radius 3 is 2.77 bits per heavy atom. The molecule has 1 unspecified atom stereocenters. The molecule has 8 heteroatoms. The Balaban J connectivity index is 0.00000341. The van der Waals surface area contributed by atoms with E-state index >= 15 is 0 Å². The minimum absolute atomic E-state index is 0. The topological polar surface area (TPSA) is 58.1 Å². The number of morpholine rings is 1. The average Bonchev–Trinajstić information content (AvgIpc) is 3.32. The normalized spacial score (nSPS) is 15.6. The first-order chi connectivity index (χ1) is 14.8. The molecule has 2 heterocycles. The number of rotatable bonds is 10. The van der Waals surface area contributed by atoms with Crippen molar-refractivity contribution in [2.45, 2.75) is 19.5 Å². The van der Waals surface area contributed by atoms with E-state index in [1.807, 2.05) is 24.3 Å². The van der Waals surface area contributed by atoms with E-state index in [4.69, 9.17) is 14.5 Å². The molecule has 31 heavy (non-hydrogen) atoms. The fourth-order valence-corrected chi connectivity index (χ4v) is 4.26. The molecule has 1 aliphatic rings. The molecule has 0 saturated carbocycles.